The van der Waals surface area contributed by atoms with Crippen molar-refractivity contribution in [2.45, 2.75) is 41.5 Å². The molecule has 1 N–H and O–H groups in total. The van der Waals surface area contributed by atoms with E-state index in [0.717, 1.165) is 6.54 Å². The largest absolute Gasteiger partial charge is 0.385 e. The van der Waals surface area contributed by atoms with E-state index in [-0.39, 0.29) is 0 Å². The van der Waals surface area contributed by atoms with Crippen LogP contribution in [0.3, 0.4) is 0 Å². The molecule has 0 bridgehead atoms. The number of hydrogen-bond acceptors (Lipinski definition) is 1. The second kappa shape index (κ2) is 4.26. The Balaban J connectivity index is 2.80. The third kappa shape index (κ3) is 3.58. The molecular formula is C14H23N. The van der Waals surface area contributed by atoms with Crippen molar-refractivity contribution in [1.82, 2.24) is 0 Å². The Labute approximate surface area is 93.9 Å². The van der Waals surface area contributed by atoms with Crippen LogP contribution in [0.2, 0.25) is 0 Å². The lowest BCUT2D eigenvalue weighted by molar-refractivity contribution is 0.443. The van der Waals surface area contributed by atoms with Crippen molar-refractivity contribution in [3.05, 3.63) is 28.8 Å². The molecule has 0 radical (unpaired) electrons. The summed E-state index contributed by atoms with van der Waals surface area (Å²) in [7, 11) is 0. The fourth-order valence-corrected chi connectivity index (χ4v) is 1.50. The minimum absolute atomic E-state index is 0.326. The first-order chi connectivity index (χ1) is 6.79. The number of hydrogen-bond donors (Lipinski definition) is 1. The molecule has 1 rings (SSSR count). The molecule has 0 aromatic heterocycles. The molecule has 0 aliphatic carbocycles. The van der Waals surface area contributed by atoms with Crippen LogP contribution in [-0.2, 0) is 0 Å². The minimum atomic E-state index is 0.326. The third-order valence-electron chi connectivity index (χ3n) is 2.75. The first-order valence-electron chi connectivity index (χ1n) is 5.61. The van der Waals surface area contributed by atoms with E-state index >= 15 is 0 Å². The summed E-state index contributed by atoms with van der Waals surface area (Å²) in [6, 6.07) is 4.46. The van der Waals surface area contributed by atoms with Gasteiger partial charge in [-0.2, -0.15) is 0 Å². The third-order valence-corrected chi connectivity index (χ3v) is 2.75. The fourth-order valence-electron chi connectivity index (χ4n) is 1.50. The maximum absolute atomic E-state index is 3.49. The molecule has 0 atom stereocenters. The summed E-state index contributed by atoms with van der Waals surface area (Å²) in [6.07, 6.45) is 0. The normalized spacial score (nSPS) is 11.6. The van der Waals surface area contributed by atoms with Gasteiger partial charge in [0.25, 0.3) is 0 Å². The van der Waals surface area contributed by atoms with Gasteiger partial charge in [-0.1, -0.05) is 20.8 Å². The van der Waals surface area contributed by atoms with Crippen LogP contribution in [-0.4, -0.2) is 6.54 Å². The van der Waals surface area contributed by atoms with Gasteiger partial charge in [-0.25, -0.2) is 0 Å². The van der Waals surface area contributed by atoms with E-state index in [9.17, 15) is 0 Å². The van der Waals surface area contributed by atoms with Crippen molar-refractivity contribution in [3.8, 4) is 0 Å². The van der Waals surface area contributed by atoms with E-state index in [2.05, 4.69) is 59.0 Å². The molecule has 0 aliphatic heterocycles. The molecule has 0 unspecified atom stereocenters. The first-order valence-corrected chi connectivity index (χ1v) is 5.61. The summed E-state index contributed by atoms with van der Waals surface area (Å²) in [5, 5.41) is 3.49. The highest BCUT2D eigenvalue weighted by Crippen LogP contribution is 2.21. The molecule has 0 saturated heterocycles. The van der Waals surface area contributed by atoms with Gasteiger partial charge < -0.3 is 5.32 Å². The maximum Gasteiger partial charge on any atom is 0.0345 e. The van der Waals surface area contributed by atoms with Crippen LogP contribution in [0.1, 0.15) is 37.5 Å². The number of anilines is 1. The van der Waals surface area contributed by atoms with Gasteiger partial charge in [0.15, 0.2) is 0 Å². The molecule has 0 aliphatic rings. The quantitative estimate of drug-likeness (QED) is 0.767. The van der Waals surface area contributed by atoms with Gasteiger partial charge in [0, 0.05) is 12.2 Å². The van der Waals surface area contributed by atoms with Gasteiger partial charge in [-0.05, 0) is 55.0 Å². The Morgan fingerprint density at radius 3 is 1.87 bits per heavy atom. The molecule has 0 fully saturated rings. The van der Waals surface area contributed by atoms with Crippen LogP contribution in [0.4, 0.5) is 5.69 Å². The highest BCUT2D eigenvalue weighted by atomic mass is 14.9. The average Bonchev–Trinajstić information content (AvgIpc) is 2.09. The van der Waals surface area contributed by atoms with Crippen LogP contribution in [0.5, 0.6) is 0 Å². The van der Waals surface area contributed by atoms with Gasteiger partial charge in [0.2, 0.25) is 0 Å². The number of rotatable bonds is 2. The number of nitrogens with one attached hydrogen (secondary N) is 1. The molecule has 0 spiro atoms. The van der Waals surface area contributed by atoms with E-state index in [1.54, 1.807) is 0 Å². The van der Waals surface area contributed by atoms with Crippen LogP contribution in [0, 0.1) is 26.2 Å². The molecule has 0 heterocycles. The van der Waals surface area contributed by atoms with Gasteiger partial charge in [0.05, 0.1) is 0 Å². The Hall–Kier alpha value is -0.980. The molecule has 15 heavy (non-hydrogen) atoms. The van der Waals surface area contributed by atoms with Crippen LogP contribution < -0.4 is 5.32 Å². The number of benzene rings is 1. The average molecular weight is 205 g/mol. The van der Waals surface area contributed by atoms with E-state index in [1.165, 1.54) is 22.4 Å². The molecule has 0 saturated carbocycles. The van der Waals surface area contributed by atoms with Gasteiger partial charge >= 0.3 is 0 Å². The monoisotopic (exact) mass is 205 g/mol. The van der Waals surface area contributed by atoms with Crippen molar-refractivity contribution in [3.63, 3.8) is 0 Å². The molecule has 1 heteroatoms. The van der Waals surface area contributed by atoms with Gasteiger partial charge in [0.1, 0.15) is 0 Å². The van der Waals surface area contributed by atoms with Crippen LogP contribution in [0.25, 0.3) is 0 Å². The lowest BCUT2D eigenvalue weighted by atomic mass is 9.96. The standard InChI is InChI=1S/C14H23N/c1-10-7-13(8-11(2)12(10)3)15-9-14(4,5)6/h7-8,15H,9H2,1-6H3. The smallest absolute Gasteiger partial charge is 0.0345 e. The SMILES string of the molecule is Cc1cc(NCC(C)(C)C)cc(C)c1C. The maximum atomic E-state index is 3.49. The lowest BCUT2D eigenvalue weighted by Gasteiger charge is -2.20. The molecule has 1 aromatic rings. The first kappa shape index (κ1) is 12.1. The van der Waals surface area contributed by atoms with Crippen molar-refractivity contribution >= 4 is 5.69 Å². The molecule has 0 amide bonds. The van der Waals surface area contributed by atoms with Gasteiger partial charge in [-0.3, -0.25) is 0 Å². The summed E-state index contributed by atoms with van der Waals surface area (Å²) >= 11 is 0. The van der Waals surface area contributed by atoms with Crippen molar-refractivity contribution in [2.75, 3.05) is 11.9 Å². The van der Waals surface area contributed by atoms with E-state index in [4.69, 9.17) is 0 Å². The zero-order valence-corrected chi connectivity index (χ0v) is 10.9. The topological polar surface area (TPSA) is 12.0 Å². The molecule has 84 valence electrons. The summed E-state index contributed by atoms with van der Waals surface area (Å²) < 4.78 is 0. The van der Waals surface area contributed by atoms with E-state index < -0.39 is 0 Å². The van der Waals surface area contributed by atoms with Gasteiger partial charge in [-0.15, -0.1) is 0 Å². The van der Waals surface area contributed by atoms with Crippen molar-refractivity contribution in [1.29, 1.82) is 0 Å². The molecule has 1 aromatic carbocycles. The second-order valence-electron chi connectivity index (χ2n) is 5.65. The minimum Gasteiger partial charge on any atom is -0.385 e. The fraction of sp³-hybridized carbons (Fsp3) is 0.571. The van der Waals surface area contributed by atoms with Crippen LogP contribution >= 0.6 is 0 Å². The molecular weight excluding hydrogens is 182 g/mol. The Kier molecular flexibility index (Phi) is 3.43. The second-order valence-corrected chi connectivity index (χ2v) is 5.65. The van der Waals surface area contributed by atoms with E-state index in [0.29, 0.717) is 5.41 Å². The summed E-state index contributed by atoms with van der Waals surface area (Å²) in [6.45, 7) is 14.3. The zero-order chi connectivity index (χ0) is 11.6. The Bertz CT molecular complexity index is 322. The van der Waals surface area contributed by atoms with Crippen molar-refractivity contribution in [2.24, 2.45) is 5.41 Å². The lowest BCUT2D eigenvalue weighted by Crippen LogP contribution is -2.19. The van der Waals surface area contributed by atoms with Crippen molar-refractivity contribution < 1.29 is 0 Å². The predicted octanol–water partition coefficient (Wildman–Crippen LogP) is 4.07. The van der Waals surface area contributed by atoms with E-state index in [1.807, 2.05) is 0 Å². The zero-order valence-electron chi connectivity index (χ0n) is 10.9. The Morgan fingerprint density at radius 1 is 1.00 bits per heavy atom. The predicted molar refractivity (Wildman–Crippen MR) is 68.6 cm³/mol. The summed E-state index contributed by atoms with van der Waals surface area (Å²) in [5.74, 6) is 0. The highest BCUT2D eigenvalue weighted by molar-refractivity contribution is 5.51. The highest BCUT2D eigenvalue weighted by Gasteiger charge is 2.09. The van der Waals surface area contributed by atoms with Crippen LogP contribution in [0.15, 0.2) is 12.1 Å². The summed E-state index contributed by atoms with van der Waals surface area (Å²) in [5.41, 5.74) is 5.70. The molecule has 1 nitrogen and oxygen atoms in total. The summed E-state index contributed by atoms with van der Waals surface area (Å²) in [4.78, 5) is 0. The Morgan fingerprint density at radius 2 is 1.47 bits per heavy atom. The number of aryl methyl sites for hydroxylation is 2.